The van der Waals surface area contributed by atoms with E-state index in [1.165, 1.54) is 0 Å². The number of rotatable bonds is 7. The Labute approximate surface area is 83.2 Å². The molecule has 0 aromatic carbocycles. The third-order valence-electron chi connectivity index (χ3n) is 1.72. The molecule has 0 saturated carbocycles. The summed E-state index contributed by atoms with van der Waals surface area (Å²) in [6.07, 6.45) is 2.18. The quantitative estimate of drug-likeness (QED) is 0.391. The van der Waals surface area contributed by atoms with Crippen molar-refractivity contribution in [3.8, 4) is 0 Å². The molecule has 0 aromatic heterocycles. The average molecular weight is 200 g/mol. The van der Waals surface area contributed by atoms with Crippen molar-refractivity contribution < 1.29 is 14.7 Å². The molecule has 0 aromatic rings. The van der Waals surface area contributed by atoms with Crippen LogP contribution < -0.4 is 10.6 Å². The summed E-state index contributed by atoms with van der Waals surface area (Å²) in [5.74, 6) is -1.47. The van der Waals surface area contributed by atoms with Gasteiger partial charge in [0.2, 0.25) is 5.91 Å². The second kappa shape index (κ2) is 7.08. The molecule has 3 N–H and O–H groups in total. The molecule has 0 unspecified atom stereocenters. The maximum absolute atomic E-state index is 10.9. The second-order valence-corrected chi connectivity index (χ2v) is 2.85. The highest BCUT2D eigenvalue weighted by Crippen LogP contribution is 1.96. The summed E-state index contributed by atoms with van der Waals surface area (Å²) >= 11 is 0. The first-order valence-corrected chi connectivity index (χ1v) is 4.42. The van der Waals surface area contributed by atoms with Gasteiger partial charge in [-0.3, -0.25) is 4.79 Å². The maximum atomic E-state index is 10.9. The highest BCUT2D eigenvalue weighted by molar-refractivity contribution is 5.90. The number of carboxylic acids is 1. The fraction of sp³-hybridized carbons (Fsp3) is 0.556. The first-order valence-electron chi connectivity index (χ1n) is 4.42. The van der Waals surface area contributed by atoms with E-state index < -0.39 is 17.9 Å². The van der Waals surface area contributed by atoms with E-state index in [4.69, 9.17) is 5.11 Å². The third kappa shape index (κ3) is 5.31. The molecule has 5 nitrogen and oxygen atoms in total. The number of carbonyl (C=O) groups excluding carboxylic acids is 1. The normalized spacial score (nSPS) is 11.8. The third-order valence-corrected chi connectivity index (χ3v) is 1.72. The van der Waals surface area contributed by atoms with Gasteiger partial charge in [-0.2, -0.15) is 0 Å². The van der Waals surface area contributed by atoms with E-state index in [2.05, 4.69) is 17.2 Å². The number of amides is 1. The van der Waals surface area contributed by atoms with Crippen molar-refractivity contribution in [1.29, 1.82) is 0 Å². The molecule has 0 fully saturated rings. The molecule has 0 aliphatic rings. The Balaban J connectivity index is 3.96. The molecule has 80 valence electrons. The Kier molecular flexibility index (Phi) is 6.39. The molecular weight excluding hydrogens is 184 g/mol. The van der Waals surface area contributed by atoms with Gasteiger partial charge in [-0.25, -0.2) is 4.79 Å². The lowest BCUT2D eigenvalue weighted by Gasteiger charge is -2.12. The Bertz CT molecular complexity index is 216. The van der Waals surface area contributed by atoms with Crippen LogP contribution in [0.3, 0.4) is 0 Å². The monoisotopic (exact) mass is 200 g/mol. The number of aliphatic carboxylic acids is 1. The Morgan fingerprint density at radius 3 is 2.64 bits per heavy atom. The number of carboxylic acid groups (broad SMARTS) is 1. The lowest BCUT2D eigenvalue weighted by atomic mass is 10.1. The van der Waals surface area contributed by atoms with Gasteiger partial charge < -0.3 is 15.7 Å². The highest BCUT2D eigenvalue weighted by atomic mass is 16.4. The molecular formula is C9H16N2O3. The van der Waals surface area contributed by atoms with Crippen molar-refractivity contribution in [3.05, 3.63) is 12.7 Å². The zero-order valence-corrected chi connectivity index (χ0v) is 8.25. The summed E-state index contributed by atoms with van der Waals surface area (Å²) in [6, 6.07) is -0.825. The second-order valence-electron chi connectivity index (χ2n) is 2.85. The zero-order chi connectivity index (χ0) is 11.0. The lowest BCUT2D eigenvalue weighted by molar-refractivity contribution is -0.141. The SMILES string of the molecule is C=CC(=O)N[C@@H](CCCNC)C(=O)O. The average Bonchev–Trinajstić information content (AvgIpc) is 2.16. The summed E-state index contributed by atoms with van der Waals surface area (Å²) in [6.45, 7) is 3.98. The van der Waals surface area contributed by atoms with E-state index in [0.29, 0.717) is 12.8 Å². The Hall–Kier alpha value is -1.36. The number of hydrogen-bond acceptors (Lipinski definition) is 3. The first-order chi connectivity index (χ1) is 6.61. The molecule has 0 spiro atoms. The molecule has 0 heterocycles. The molecule has 14 heavy (non-hydrogen) atoms. The molecule has 5 heteroatoms. The fourth-order valence-corrected chi connectivity index (χ4v) is 0.971. The summed E-state index contributed by atoms with van der Waals surface area (Å²) < 4.78 is 0. The predicted octanol–water partition coefficient (Wildman–Crippen LogP) is -0.259. The molecule has 0 bridgehead atoms. The minimum Gasteiger partial charge on any atom is -0.480 e. The van der Waals surface area contributed by atoms with Crippen molar-refractivity contribution in [2.75, 3.05) is 13.6 Å². The first kappa shape index (κ1) is 12.6. The van der Waals surface area contributed by atoms with Crippen molar-refractivity contribution in [3.63, 3.8) is 0 Å². The Morgan fingerprint density at radius 2 is 2.21 bits per heavy atom. The lowest BCUT2D eigenvalue weighted by Crippen LogP contribution is -2.40. The molecule has 1 atom stereocenters. The van der Waals surface area contributed by atoms with Gasteiger partial charge in [0.25, 0.3) is 0 Å². The molecule has 0 radical (unpaired) electrons. The van der Waals surface area contributed by atoms with Crippen LogP contribution in [0.1, 0.15) is 12.8 Å². The van der Waals surface area contributed by atoms with Crippen LogP contribution in [0.5, 0.6) is 0 Å². The van der Waals surface area contributed by atoms with Gasteiger partial charge >= 0.3 is 5.97 Å². The number of hydrogen-bond donors (Lipinski definition) is 3. The van der Waals surface area contributed by atoms with Gasteiger partial charge in [0, 0.05) is 0 Å². The van der Waals surface area contributed by atoms with Gasteiger partial charge in [0.15, 0.2) is 0 Å². The van der Waals surface area contributed by atoms with Gasteiger partial charge in [-0.15, -0.1) is 0 Å². The standard InChI is InChI=1S/C9H16N2O3/c1-3-8(12)11-7(9(13)14)5-4-6-10-2/h3,7,10H,1,4-6H2,2H3,(H,11,12)(H,13,14)/t7-/m0/s1. The molecule has 0 saturated heterocycles. The molecule has 0 aliphatic heterocycles. The van der Waals surface area contributed by atoms with E-state index >= 15 is 0 Å². The van der Waals surface area contributed by atoms with E-state index in [0.717, 1.165) is 12.6 Å². The minimum atomic E-state index is -1.02. The van der Waals surface area contributed by atoms with E-state index in [-0.39, 0.29) is 0 Å². The van der Waals surface area contributed by atoms with Crippen molar-refractivity contribution >= 4 is 11.9 Å². The predicted molar refractivity (Wildman–Crippen MR) is 52.9 cm³/mol. The van der Waals surface area contributed by atoms with Gasteiger partial charge in [-0.1, -0.05) is 6.58 Å². The van der Waals surface area contributed by atoms with Crippen LogP contribution in [0, 0.1) is 0 Å². The van der Waals surface area contributed by atoms with Crippen LogP contribution in [-0.4, -0.2) is 36.6 Å². The summed E-state index contributed by atoms with van der Waals surface area (Å²) in [4.78, 5) is 21.5. The molecule has 0 rings (SSSR count). The summed E-state index contributed by atoms with van der Waals surface area (Å²) in [5.41, 5.74) is 0. The minimum absolute atomic E-state index is 0.412. The van der Waals surface area contributed by atoms with Crippen molar-refractivity contribution in [2.24, 2.45) is 0 Å². The van der Waals surface area contributed by atoms with Gasteiger partial charge in [-0.05, 0) is 32.5 Å². The Morgan fingerprint density at radius 1 is 1.57 bits per heavy atom. The topological polar surface area (TPSA) is 78.4 Å². The van der Waals surface area contributed by atoms with Crippen LogP contribution in [0.25, 0.3) is 0 Å². The maximum Gasteiger partial charge on any atom is 0.326 e. The van der Waals surface area contributed by atoms with E-state index in [9.17, 15) is 9.59 Å². The van der Waals surface area contributed by atoms with E-state index in [1.54, 1.807) is 7.05 Å². The van der Waals surface area contributed by atoms with Crippen LogP contribution in [0.2, 0.25) is 0 Å². The molecule has 0 aliphatic carbocycles. The van der Waals surface area contributed by atoms with Crippen LogP contribution >= 0.6 is 0 Å². The van der Waals surface area contributed by atoms with Crippen LogP contribution in [-0.2, 0) is 9.59 Å². The van der Waals surface area contributed by atoms with Crippen molar-refractivity contribution in [2.45, 2.75) is 18.9 Å². The van der Waals surface area contributed by atoms with Crippen LogP contribution in [0.15, 0.2) is 12.7 Å². The van der Waals surface area contributed by atoms with Gasteiger partial charge in [0.05, 0.1) is 0 Å². The fourth-order valence-electron chi connectivity index (χ4n) is 0.971. The van der Waals surface area contributed by atoms with Crippen molar-refractivity contribution in [1.82, 2.24) is 10.6 Å². The largest absolute Gasteiger partial charge is 0.480 e. The summed E-state index contributed by atoms with van der Waals surface area (Å²) in [5, 5.41) is 14.0. The molecule has 1 amide bonds. The zero-order valence-electron chi connectivity index (χ0n) is 8.25. The van der Waals surface area contributed by atoms with Gasteiger partial charge in [0.1, 0.15) is 6.04 Å². The van der Waals surface area contributed by atoms with Crippen LogP contribution in [0.4, 0.5) is 0 Å². The summed E-state index contributed by atoms with van der Waals surface area (Å²) in [7, 11) is 1.79. The smallest absolute Gasteiger partial charge is 0.326 e. The highest BCUT2D eigenvalue weighted by Gasteiger charge is 2.17. The van der Waals surface area contributed by atoms with E-state index in [1.807, 2.05) is 0 Å². The number of carbonyl (C=O) groups is 2. The number of nitrogens with one attached hydrogen (secondary N) is 2.